The predicted octanol–water partition coefficient (Wildman–Crippen LogP) is 3.59. The molecule has 0 aromatic rings. The Hall–Kier alpha value is -0.560. The maximum absolute atomic E-state index is 12.0. The number of carbonyl (C=O) groups excluding carboxylic acids is 1. The molecule has 1 nitrogen and oxygen atoms in total. The lowest BCUT2D eigenvalue weighted by molar-refractivity contribution is -0.118. The summed E-state index contributed by atoms with van der Waals surface area (Å²) < 4.78 is 0. The van der Waals surface area contributed by atoms with E-state index in [1.54, 1.807) is 0 Å². The molecule has 1 fully saturated rings. The van der Waals surface area contributed by atoms with E-state index in [9.17, 15) is 4.79 Å². The smallest absolute Gasteiger partial charge is 0.167 e. The van der Waals surface area contributed by atoms with Gasteiger partial charge in [-0.3, -0.25) is 4.79 Å². The zero-order chi connectivity index (χ0) is 9.97. The summed E-state index contributed by atoms with van der Waals surface area (Å²) in [7, 11) is 0. The highest BCUT2D eigenvalue weighted by Crippen LogP contribution is 2.32. The van der Waals surface area contributed by atoms with Gasteiger partial charge in [0.15, 0.2) is 5.78 Å². The van der Waals surface area contributed by atoms with E-state index in [4.69, 9.17) is 11.6 Å². The van der Waals surface area contributed by atoms with Gasteiger partial charge in [0.25, 0.3) is 0 Å². The zero-order valence-corrected chi connectivity index (χ0v) is 9.02. The Labute approximate surface area is 89.8 Å². The summed E-state index contributed by atoms with van der Waals surface area (Å²) in [5.74, 6) is 0.532. The molecule has 0 radical (unpaired) electrons. The van der Waals surface area contributed by atoms with Gasteiger partial charge in [-0.1, -0.05) is 36.6 Å². The Bertz CT molecular complexity index is 295. The van der Waals surface area contributed by atoms with Crippen LogP contribution in [0.3, 0.4) is 0 Å². The third-order valence-electron chi connectivity index (χ3n) is 3.09. The molecule has 0 spiro atoms. The summed E-state index contributed by atoms with van der Waals surface area (Å²) >= 11 is 6.03. The fourth-order valence-electron chi connectivity index (χ4n) is 2.27. The highest BCUT2D eigenvalue weighted by atomic mass is 35.5. The van der Waals surface area contributed by atoms with Crippen LogP contribution in [0.5, 0.6) is 0 Å². The molecular formula is C12H15ClO. The van der Waals surface area contributed by atoms with Crippen molar-refractivity contribution in [3.63, 3.8) is 0 Å². The Morgan fingerprint density at radius 3 is 2.50 bits per heavy atom. The predicted molar refractivity (Wildman–Crippen MR) is 58.2 cm³/mol. The molecular weight excluding hydrogens is 196 g/mol. The minimum Gasteiger partial charge on any atom is -0.294 e. The number of Topliss-reactive ketones (excluding diaryl/α,β-unsaturated/α-hetero) is 1. The maximum Gasteiger partial charge on any atom is 0.167 e. The number of hydrogen-bond donors (Lipinski definition) is 0. The van der Waals surface area contributed by atoms with Crippen molar-refractivity contribution in [2.75, 3.05) is 0 Å². The molecule has 2 rings (SSSR count). The van der Waals surface area contributed by atoms with Crippen LogP contribution in [0.4, 0.5) is 0 Å². The van der Waals surface area contributed by atoms with Crippen molar-refractivity contribution in [2.45, 2.75) is 38.5 Å². The molecule has 76 valence electrons. The van der Waals surface area contributed by atoms with Gasteiger partial charge in [0, 0.05) is 16.5 Å². The first-order chi connectivity index (χ1) is 6.79. The molecule has 0 heterocycles. The molecule has 1 saturated carbocycles. The van der Waals surface area contributed by atoms with Gasteiger partial charge in [-0.15, -0.1) is 0 Å². The Morgan fingerprint density at radius 2 is 1.86 bits per heavy atom. The minimum absolute atomic E-state index is 0.251. The molecule has 0 aromatic carbocycles. The lowest BCUT2D eigenvalue weighted by Crippen LogP contribution is -2.14. The highest BCUT2D eigenvalue weighted by Gasteiger charge is 2.26. The Kier molecular flexibility index (Phi) is 3.07. The SMILES string of the molecule is O=C(C1=CCCC=C1Cl)C1CCCC1. The van der Waals surface area contributed by atoms with Crippen molar-refractivity contribution < 1.29 is 4.79 Å². The summed E-state index contributed by atoms with van der Waals surface area (Å²) in [5.41, 5.74) is 0.782. The van der Waals surface area contributed by atoms with Crippen LogP contribution in [0.2, 0.25) is 0 Å². The van der Waals surface area contributed by atoms with E-state index >= 15 is 0 Å². The van der Waals surface area contributed by atoms with Crippen molar-refractivity contribution in [3.8, 4) is 0 Å². The number of ketones is 1. The monoisotopic (exact) mass is 210 g/mol. The van der Waals surface area contributed by atoms with Crippen molar-refractivity contribution in [2.24, 2.45) is 5.92 Å². The minimum atomic E-state index is 0.251. The van der Waals surface area contributed by atoms with Crippen LogP contribution < -0.4 is 0 Å². The zero-order valence-electron chi connectivity index (χ0n) is 8.26. The number of rotatable bonds is 2. The molecule has 0 saturated heterocycles. The molecule has 0 amide bonds. The van der Waals surface area contributed by atoms with E-state index < -0.39 is 0 Å². The highest BCUT2D eigenvalue weighted by molar-refractivity contribution is 6.35. The fourth-order valence-corrected chi connectivity index (χ4v) is 2.55. The molecule has 0 unspecified atom stereocenters. The second-order valence-corrected chi connectivity index (χ2v) is 4.50. The van der Waals surface area contributed by atoms with E-state index in [2.05, 4.69) is 0 Å². The standard InChI is InChI=1S/C12H15ClO/c13-11-8-4-3-7-10(11)12(14)9-5-1-2-6-9/h7-9H,1-6H2. The molecule has 2 heteroatoms. The van der Waals surface area contributed by atoms with Crippen LogP contribution in [0, 0.1) is 5.92 Å². The maximum atomic E-state index is 12.0. The molecule has 0 N–H and O–H groups in total. The fraction of sp³-hybridized carbons (Fsp3) is 0.583. The Balaban J connectivity index is 2.10. The van der Waals surface area contributed by atoms with Crippen molar-refractivity contribution in [1.29, 1.82) is 0 Å². The van der Waals surface area contributed by atoms with Crippen LogP contribution in [-0.2, 0) is 4.79 Å². The number of allylic oxidation sites excluding steroid dienone is 4. The van der Waals surface area contributed by atoms with Gasteiger partial charge in [-0.25, -0.2) is 0 Å². The number of carbonyl (C=O) groups is 1. The van der Waals surface area contributed by atoms with Crippen molar-refractivity contribution in [3.05, 3.63) is 22.8 Å². The average molecular weight is 211 g/mol. The van der Waals surface area contributed by atoms with Gasteiger partial charge in [-0.05, 0) is 25.7 Å². The molecule has 14 heavy (non-hydrogen) atoms. The van der Waals surface area contributed by atoms with Gasteiger partial charge in [0.2, 0.25) is 0 Å². The van der Waals surface area contributed by atoms with E-state index in [-0.39, 0.29) is 11.7 Å². The number of hydrogen-bond acceptors (Lipinski definition) is 1. The van der Waals surface area contributed by atoms with E-state index in [0.29, 0.717) is 5.03 Å². The molecule has 2 aliphatic rings. The lowest BCUT2D eigenvalue weighted by atomic mass is 9.93. The largest absolute Gasteiger partial charge is 0.294 e. The first-order valence-electron chi connectivity index (χ1n) is 5.39. The first-order valence-corrected chi connectivity index (χ1v) is 5.77. The van der Waals surface area contributed by atoms with Gasteiger partial charge in [-0.2, -0.15) is 0 Å². The summed E-state index contributed by atoms with van der Waals surface area (Å²) in [6, 6.07) is 0. The first kappa shape index (κ1) is 9.97. The van der Waals surface area contributed by atoms with Crippen LogP contribution in [-0.4, -0.2) is 5.78 Å². The van der Waals surface area contributed by atoms with Gasteiger partial charge in [0.05, 0.1) is 0 Å². The topological polar surface area (TPSA) is 17.1 Å². The van der Waals surface area contributed by atoms with Gasteiger partial charge in [0.1, 0.15) is 0 Å². The molecule has 0 aromatic heterocycles. The quantitative estimate of drug-likeness (QED) is 0.681. The van der Waals surface area contributed by atoms with Crippen LogP contribution >= 0.6 is 11.6 Å². The molecule has 0 atom stereocenters. The summed E-state index contributed by atoms with van der Waals surface area (Å²) in [4.78, 5) is 12.0. The van der Waals surface area contributed by atoms with Crippen LogP contribution in [0.1, 0.15) is 38.5 Å². The van der Waals surface area contributed by atoms with Crippen LogP contribution in [0.15, 0.2) is 22.8 Å². The van der Waals surface area contributed by atoms with Gasteiger partial charge >= 0.3 is 0 Å². The lowest BCUT2D eigenvalue weighted by Gasteiger charge is -2.13. The van der Waals surface area contributed by atoms with Gasteiger partial charge < -0.3 is 0 Å². The van der Waals surface area contributed by atoms with Crippen LogP contribution in [0.25, 0.3) is 0 Å². The normalized spacial score (nSPS) is 23.2. The summed E-state index contributed by atoms with van der Waals surface area (Å²) in [6.07, 6.45) is 10.4. The van der Waals surface area contributed by atoms with E-state index in [1.165, 1.54) is 12.8 Å². The number of halogens is 1. The van der Waals surface area contributed by atoms with Crippen molar-refractivity contribution >= 4 is 17.4 Å². The van der Waals surface area contributed by atoms with Crippen molar-refractivity contribution in [1.82, 2.24) is 0 Å². The molecule has 0 bridgehead atoms. The molecule has 2 aliphatic carbocycles. The van der Waals surface area contributed by atoms with E-state index in [0.717, 1.165) is 31.3 Å². The Morgan fingerprint density at radius 1 is 1.21 bits per heavy atom. The van der Waals surface area contributed by atoms with E-state index in [1.807, 2.05) is 12.2 Å². The average Bonchev–Trinajstić information content (AvgIpc) is 2.70. The third kappa shape index (κ3) is 1.93. The third-order valence-corrected chi connectivity index (χ3v) is 3.45. The second-order valence-electron chi connectivity index (χ2n) is 4.09. The molecule has 0 aliphatic heterocycles. The second kappa shape index (κ2) is 4.31. The summed E-state index contributed by atoms with van der Waals surface area (Å²) in [5, 5.41) is 0.674. The summed E-state index contributed by atoms with van der Waals surface area (Å²) in [6.45, 7) is 0.